The topological polar surface area (TPSA) is 78.4 Å². The second kappa shape index (κ2) is 6.57. The molecule has 1 aromatic rings. The van der Waals surface area contributed by atoms with Crippen LogP contribution in [0.2, 0.25) is 0 Å². The fourth-order valence-corrected chi connectivity index (χ4v) is 2.62. The zero-order valence-corrected chi connectivity index (χ0v) is 12.0. The van der Waals surface area contributed by atoms with Crippen LogP contribution in [0.25, 0.3) is 0 Å². The largest absolute Gasteiger partial charge is 0.384 e. The Morgan fingerprint density at radius 1 is 1.37 bits per heavy atom. The maximum Gasteiger partial charge on any atom is 0.299 e. The van der Waals surface area contributed by atoms with E-state index in [4.69, 9.17) is 5.11 Å². The third-order valence-electron chi connectivity index (χ3n) is 2.18. The molecule has 1 rings (SSSR count). The molecule has 1 aromatic carbocycles. The van der Waals surface area contributed by atoms with Crippen LogP contribution in [-0.4, -0.2) is 26.2 Å². The SMILES string of the molecule is Cc1ccc(C#CCO)cc1NS(=O)(=O)NC(C)C. The zero-order chi connectivity index (χ0) is 14.5. The minimum Gasteiger partial charge on any atom is -0.384 e. The molecule has 104 valence electrons. The Morgan fingerprint density at radius 3 is 2.63 bits per heavy atom. The average molecular weight is 282 g/mol. The van der Waals surface area contributed by atoms with Gasteiger partial charge in [-0.05, 0) is 38.5 Å². The monoisotopic (exact) mass is 282 g/mol. The normalized spacial score (nSPS) is 11.0. The molecule has 0 bridgehead atoms. The quantitative estimate of drug-likeness (QED) is 0.721. The van der Waals surface area contributed by atoms with Crippen LogP contribution >= 0.6 is 0 Å². The van der Waals surface area contributed by atoms with Crippen molar-refractivity contribution in [1.82, 2.24) is 4.72 Å². The molecule has 0 fully saturated rings. The number of aliphatic hydroxyl groups is 1. The molecule has 0 amide bonds. The van der Waals surface area contributed by atoms with E-state index in [0.29, 0.717) is 11.3 Å². The van der Waals surface area contributed by atoms with Crippen molar-refractivity contribution < 1.29 is 13.5 Å². The number of hydrogen-bond acceptors (Lipinski definition) is 3. The zero-order valence-electron chi connectivity index (χ0n) is 11.2. The maximum absolute atomic E-state index is 11.8. The van der Waals surface area contributed by atoms with Gasteiger partial charge in [0.2, 0.25) is 0 Å². The van der Waals surface area contributed by atoms with Gasteiger partial charge in [0.1, 0.15) is 6.61 Å². The summed E-state index contributed by atoms with van der Waals surface area (Å²) < 4.78 is 28.5. The highest BCUT2D eigenvalue weighted by Gasteiger charge is 2.12. The number of hydrogen-bond donors (Lipinski definition) is 3. The Balaban J connectivity index is 3.00. The summed E-state index contributed by atoms with van der Waals surface area (Å²) in [7, 11) is -3.59. The van der Waals surface area contributed by atoms with Crippen LogP contribution in [0.3, 0.4) is 0 Å². The first-order valence-corrected chi connectivity index (χ1v) is 7.33. The number of aryl methyl sites for hydroxylation is 1. The van der Waals surface area contributed by atoms with Gasteiger partial charge < -0.3 is 5.11 Å². The van der Waals surface area contributed by atoms with Gasteiger partial charge in [-0.3, -0.25) is 4.72 Å². The maximum atomic E-state index is 11.8. The van der Waals surface area contributed by atoms with Gasteiger partial charge in [0.15, 0.2) is 0 Å². The van der Waals surface area contributed by atoms with E-state index in [1.165, 1.54) is 0 Å². The Hall–Kier alpha value is -1.55. The first kappa shape index (κ1) is 15.5. The van der Waals surface area contributed by atoms with Gasteiger partial charge in [0.25, 0.3) is 10.2 Å². The van der Waals surface area contributed by atoms with Crippen molar-refractivity contribution in [3.05, 3.63) is 29.3 Å². The van der Waals surface area contributed by atoms with E-state index in [1.54, 1.807) is 39.0 Å². The molecule has 5 nitrogen and oxygen atoms in total. The molecule has 0 radical (unpaired) electrons. The number of benzene rings is 1. The molecule has 3 N–H and O–H groups in total. The number of rotatable bonds is 4. The highest BCUT2D eigenvalue weighted by molar-refractivity contribution is 7.90. The summed E-state index contributed by atoms with van der Waals surface area (Å²) >= 11 is 0. The van der Waals surface area contributed by atoms with Gasteiger partial charge in [0, 0.05) is 11.6 Å². The number of anilines is 1. The van der Waals surface area contributed by atoms with Crippen molar-refractivity contribution in [3.8, 4) is 11.8 Å². The minimum atomic E-state index is -3.59. The van der Waals surface area contributed by atoms with E-state index in [2.05, 4.69) is 21.3 Å². The van der Waals surface area contributed by atoms with Crippen molar-refractivity contribution in [1.29, 1.82) is 0 Å². The van der Waals surface area contributed by atoms with Crippen LogP contribution in [-0.2, 0) is 10.2 Å². The first-order valence-electron chi connectivity index (χ1n) is 5.84. The third kappa shape index (κ3) is 5.30. The predicted molar refractivity (Wildman–Crippen MR) is 76.0 cm³/mol. The van der Waals surface area contributed by atoms with E-state index >= 15 is 0 Å². The van der Waals surface area contributed by atoms with Gasteiger partial charge in [-0.25, -0.2) is 0 Å². The van der Waals surface area contributed by atoms with Crippen molar-refractivity contribution in [2.45, 2.75) is 26.8 Å². The van der Waals surface area contributed by atoms with Crippen LogP contribution < -0.4 is 9.44 Å². The van der Waals surface area contributed by atoms with Crippen LogP contribution in [0.5, 0.6) is 0 Å². The molecule has 0 aliphatic rings. The first-order chi connectivity index (χ1) is 8.84. The fourth-order valence-electron chi connectivity index (χ4n) is 1.44. The van der Waals surface area contributed by atoms with Gasteiger partial charge in [-0.15, -0.1) is 0 Å². The molecule has 0 saturated carbocycles. The predicted octanol–water partition coefficient (Wildman–Crippen LogP) is 0.994. The van der Waals surface area contributed by atoms with E-state index < -0.39 is 10.2 Å². The molecular weight excluding hydrogens is 264 g/mol. The summed E-state index contributed by atoms with van der Waals surface area (Å²) in [6.45, 7) is 5.06. The summed E-state index contributed by atoms with van der Waals surface area (Å²) in [5.41, 5.74) is 1.91. The summed E-state index contributed by atoms with van der Waals surface area (Å²) in [5.74, 6) is 5.25. The molecule has 0 aromatic heterocycles. The lowest BCUT2D eigenvalue weighted by molar-refractivity contribution is 0.350. The van der Waals surface area contributed by atoms with Crippen molar-refractivity contribution >= 4 is 15.9 Å². The lowest BCUT2D eigenvalue weighted by Gasteiger charge is -2.13. The van der Waals surface area contributed by atoms with Gasteiger partial charge in [0.05, 0.1) is 5.69 Å². The number of aliphatic hydroxyl groups excluding tert-OH is 1. The van der Waals surface area contributed by atoms with Crippen LogP contribution in [0, 0.1) is 18.8 Å². The summed E-state index contributed by atoms with van der Waals surface area (Å²) in [4.78, 5) is 0. The van der Waals surface area contributed by atoms with Gasteiger partial charge in [-0.2, -0.15) is 13.1 Å². The van der Waals surface area contributed by atoms with E-state index in [9.17, 15) is 8.42 Å². The molecular formula is C13H18N2O3S. The van der Waals surface area contributed by atoms with Crippen molar-refractivity contribution in [2.24, 2.45) is 0 Å². The van der Waals surface area contributed by atoms with Crippen molar-refractivity contribution in [2.75, 3.05) is 11.3 Å². The smallest absolute Gasteiger partial charge is 0.299 e. The van der Waals surface area contributed by atoms with Gasteiger partial charge in [-0.1, -0.05) is 17.9 Å². The summed E-state index contributed by atoms with van der Waals surface area (Å²) in [6, 6.07) is 4.99. The van der Waals surface area contributed by atoms with Crippen LogP contribution in [0.15, 0.2) is 18.2 Å². The highest BCUT2D eigenvalue weighted by Crippen LogP contribution is 2.17. The molecule has 0 saturated heterocycles. The molecule has 0 aliphatic heterocycles. The average Bonchev–Trinajstić information content (AvgIpc) is 2.28. The van der Waals surface area contributed by atoms with Crippen LogP contribution in [0.1, 0.15) is 25.0 Å². The van der Waals surface area contributed by atoms with Crippen LogP contribution in [0.4, 0.5) is 5.69 Å². The molecule has 0 atom stereocenters. The van der Waals surface area contributed by atoms with E-state index in [0.717, 1.165) is 5.56 Å². The Morgan fingerprint density at radius 2 is 2.05 bits per heavy atom. The van der Waals surface area contributed by atoms with Gasteiger partial charge >= 0.3 is 0 Å². The highest BCUT2D eigenvalue weighted by atomic mass is 32.2. The van der Waals surface area contributed by atoms with E-state index in [1.807, 2.05) is 0 Å². The number of nitrogens with one attached hydrogen (secondary N) is 2. The fraction of sp³-hybridized carbons (Fsp3) is 0.385. The molecule has 0 aliphatic carbocycles. The standard InChI is InChI=1S/C13H18N2O3S/c1-10(2)14-19(17,18)15-13-9-12(5-4-8-16)7-6-11(13)3/h6-7,9-10,14-16H,8H2,1-3H3. The molecule has 0 spiro atoms. The minimum absolute atomic E-state index is 0.185. The molecule has 0 heterocycles. The molecule has 19 heavy (non-hydrogen) atoms. The summed E-state index contributed by atoms with van der Waals surface area (Å²) in [6.07, 6.45) is 0. The lowest BCUT2D eigenvalue weighted by Crippen LogP contribution is -2.35. The lowest BCUT2D eigenvalue weighted by atomic mass is 10.1. The van der Waals surface area contributed by atoms with E-state index in [-0.39, 0.29) is 12.6 Å². The Labute approximate surface area is 114 Å². The second-order valence-electron chi connectivity index (χ2n) is 4.37. The van der Waals surface area contributed by atoms with Crippen molar-refractivity contribution in [3.63, 3.8) is 0 Å². The third-order valence-corrected chi connectivity index (χ3v) is 3.45. The Kier molecular flexibility index (Phi) is 5.36. The second-order valence-corrected chi connectivity index (χ2v) is 5.81. The molecule has 0 unspecified atom stereocenters. The molecule has 6 heteroatoms. The Bertz CT molecular complexity index is 598. The summed E-state index contributed by atoms with van der Waals surface area (Å²) in [5, 5.41) is 8.64.